The Kier molecular flexibility index (Phi) is 7.87. The Morgan fingerprint density at radius 1 is 1.12 bits per heavy atom. The van der Waals surface area contributed by atoms with Crippen LogP contribution >= 0.6 is 0 Å². The predicted molar refractivity (Wildman–Crippen MR) is 76.4 cm³/mol. The molecule has 1 fully saturated rings. The van der Waals surface area contributed by atoms with Crippen molar-refractivity contribution in [3.8, 4) is 0 Å². The van der Waals surface area contributed by atoms with Crippen molar-refractivity contribution < 1.29 is 0 Å². The topological polar surface area (TPSA) is 15.3 Å². The van der Waals surface area contributed by atoms with E-state index in [1.54, 1.807) is 0 Å². The van der Waals surface area contributed by atoms with E-state index in [0.717, 1.165) is 12.0 Å². The van der Waals surface area contributed by atoms with Gasteiger partial charge in [-0.25, -0.2) is 0 Å². The fraction of sp³-hybridized carbons (Fsp3) is 1.00. The zero-order valence-electron chi connectivity index (χ0n) is 12.2. The first-order valence-electron chi connectivity index (χ1n) is 7.70. The standard InChI is InChI=1S/C15H32N2/c1-4-6-15(7-5-2)17-12-9-14(10-13-17)8-11-16-3/h14-16H,4-13H2,1-3H3. The maximum Gasteiger partial charge on any atom is 0.00950 e. The lowest BCUT2D eigenvalue weighted by Crippen LogP contribution is -2.41. The second kappa shape index (κ2) is 8.93. The van der Waals surface area contributed by atoms with Gasteiger partial charge in [-0.15, -0.1) is 0 Å². The maximum absolute atomic E-state index is 3.28. The lowest BCUT2D eigenvalue weighted by molar-refractivity contribution is 0.116. The molecule has 0 aliphatic carbocycles. The average Bonchev–Trinajstić information content (AvgIpc) is 2.37. The number of likely N-dealkylation sites (tertiary alicyclic amines) is 1. The molecule has 1 heterocycles. The number of hydrogen-bond donors (Lipinski definition) is 1. The van der Waals surface area contributed by atoms with E-state index >= 15 is 0 Å². The smallest absolute Gasteiger partial charge is 0.00950 e. The third-order valence-electron chi connectivity index (χ3n) is 4.21. The summed E-state index contributed by atoms with van der Waals surface area (Å²) >= 11 is 0. The van der Waals surface area contributed by atoms with Crippen molar-refractivity contribution in [2.75, 3.05) is 26.7 Å². The van der Waals surface area contributed by atoms with E-state index in [1.165, 1.54) is 64.6 Å². The molecule has 0 aromatic carbocycles. The number of hydrogen-bond acceptors (Lipinski definition) is 2. The minimum Gasteiger partial charge on any atom is -0.320 e. The van der Waals surface area contributed by atoms with Crippen LogP contribution in [0.4, 0.5) is 0 Å². The van der Waals surface area contributed by atoms with E-state index in [4.69, 9.17) is 0 Å². The Hall–Kier alpha value is -0.0800. The molecule has 1 rings (SSSR count). The van der Waals surface area contributed by atoms with Gasteiger partial charge in [-0.3, -0.25) is 0 Å². The van der Waals surface area contributed by atoms with Gasteiger partial charge in [-0.2, -0.15) is 0 Å². The quantitative estimate of drug-likeness (QED) is 0.700. The zero-order chi connectivity index (χ0) is 12.5. The summed E-state index contributed by atoms with van der Waals surface area (Å²) in [6.45, 7) is 8.53. The van der Waals surface area contributed by atoms with Crippen molar-refractivity contribution in [2.45, 2.75) is 64.8 Å². The predicted octanol–water partition coefficient (Wildman–Crippen LogP) is 3.28. The molecule has 1 N–H and O–H groups in total. The van der Waals surface area contributed by atoms with Gasteiger partial charge in [0.2, 0.25) is 0 Å². The molecule has 102 valence electrons. The van der Waals surface area contributed by atoms with E-state index in [9.17, 15) is 0 Å². The highest BCUT2D eigenvalue weighted by molar-refractivity contribution is 4.78. The van der Waals surface area contributed by atoms with Crippen LogP contribution in [0.25, 0.3) is 0 Å². The summed E-state index contributed by atoms with van der Waals surface area (Å²) in [4.78, 5) is 2.77. The molecule has 2 heteroatoms. The number of nitrogens with one attached hydrogen (secondary N) is 1. The lowest BCUT2D eigenvalue weighted by Gasteiger charge is -2.37. The summed E-state index contributed by atoms with van der Waals surface area (Å²) in [5, 5.41) is 3.28. The molecule has 0 bridgehead atoms. The van der Waals surface area contributed by atoms with Crippen LogP contribution in [-0.2, 0) is 0 Å². The largest absolute Gasteiger partial charge is 0.320 e. The molecule has 17 heavy (non-hydrogen) atoms. The number of rotatable bonds is 8. The minimum atomic E-state index is 0.871. The highest BCUT2D eigenvalue weighted by atomic mass is 15.2. The molecule has 1 aliphatic rings. The van der Waals surface area contributed by atoms with Crippen molar-refractivity contribution in [2.24, 2.45) is 5.92 Å². The third kappa shape index (κ3) is 5.39. The van der Waals surface area contributed by atoms with Gasteiger partial charge in [-0.1, -0.05) is 26.7 Å². The molecule has 0 spiro atoms. The van der Waals surface area contributed by atoms with Crippen LogP contribution in [0.2, 0.25) is 0 Å². The van der Waals surface area contributed by atoms with Crippen LogP contribution in [0.5, 0.6) is 0 Å². The summed E-state index contributed by atoms with van der Waals surface area (Å²) in [7, 11) is 2.06. The van der Waals surface area contributed by atoms with Crippen molar-refractivity contribution in [3.63, 3.8) is 0 Å². The van der Waals surface area contributed by atoms with Crippen LogP contribution in [0.3, 0.4) is 0 Å². The SMILES string of the molecule is CCCC(CCC)N1CCC(CCNC)CC1. The summed E-state index contributed by atoms with van der Waals surface area (Å²) < 4.78 is 0. The molecule has 0 radical (unpaired) electrons. The van der Waals surface area contributed by atoms with Crippen molar-refractivity contribution in [1.82, 2.24) is 10.2 Å². The van der Waals surface area contributed by atoms with Crippen molar-refractivity contribution in [3.05, 3.63) is 0 Å². The second-order valence-electron chi connectivity index (χ2n) is 5.60. The monoisotopic (exact) mass is 240 g/mol. The highest BCUT2D eigenvalue weighted by Crippen LogP contribution is 2.24. The fourth-order valence-electron chi connectivity index (χ4n) is 3.13. The molecule has 0 atom stereocenters. The molecule has 0 amide bonds. The van der Waals surface area contributed by atoms with Crippen molar-refractivity contribution in [1.29, 1.82) is 0 Å². The van der Waals surface area contributed by atoms with Gasteiger partial charge in [-0.05, 0) is 64.7 Å². The minimum absolute atomic E-state index is 0.871. The van der Waals surface area contributed by atoms with Gasteiger partial charge in [0.05, 0.1) is 0 Å². The van der Waals surface area contributed by atoms with E-state index in [-0.39, 0.29) is 0 Å². The normalized spacial score (nSPS) is 19.1. The first kappa shape index (κ1) is 15.0. The zero-order valence-corrected chi connectivity index (χ0v) is 12.2. The van der Waals surface area contributed by atoms with Gasteiger partial charge >= 0.3 is 0 Å². The molecule has 1 aliphatic heterocycles. The summed E-state index contributed by atoms with van der Waals surface area (Å²) in [5.41, 5.74) is 0. The summed E-state index contributed by atoms with van der Waals surface area (Å²) in [6.07, 6.45) is 9.69. The molecular weight excluding hydrogens is 208 g/mol. The van der Waals surface area contributed by atoms with E-state index in [0.29, 0.717) is 0 Å². The summed E-state index contributed by atoms with van der Waals surface area (Å²) in [6, 6.07) is 0.871. The van der Waals surface area contributed by atoms with Gasteiger partial charge in [0.15, 0.2) is 0 Å². The molecule has 0 unspecified atom stereocenters. The third-order valence-corrected chi connectivity index (χ3v) is 4.21. The Labute approximate surface area is 108 Å². The fourth-order valence-corrected chi connectivity index (χ4v) is 3.13. The molecule has 0 aromatic rings. The van der Waals surface area contributed by atoms with Crippen LogP contribution in [0.15, 0.2) is 0 Å². The molecule has 0 aromatic heterocycles. The number of nitrogens with zero attached hydrogens (tertiary/aromatic N) is 1. The van der Waals surface area contributed by atoms with Crippen LogP contribution in [-0.4, -0.2) is 37.6 Å². The first-order chi connectivity index (χ1) is 8.31. The second-order valence-corrected chi connectivity index (χ2v) is 5.60. The Bertz CT molecular complexity index is 168. The van der Waals surface area contributed by atoms with Gasteiger partial charge in [0, 0.05) is 6.04 Å². The maximum atomic E-state index is 3.28. The van der Waals surface area contributed by atoms with E-state index in [2.05, 4.69) is 31.1 Å². The summed E-state index contributed by atoms with van der Waals surface area (Å²) in [5.74, 6) is 0.975. The van der Waals surface area contributed by atoms with Crippen LogP contribution in [0, 0.1) is 5.92 Å². The average molecular weight is 240 g/mol. The molecule has 0 saturated carbocycles. The van der Waals surface area contributed by atoms with E-state index in [1.807, 2.05) is 0 Å². The Morgan fingerprint density at radius 2 is 1.71 bits per heavy atom. The Balaban J connectivity index is 2.27. The molecule has 1 saturated heterocycles. The molecule has 2 nitrogen and oxygen atoms in total. The lowest BCUT2D eigenvalue weighted by atomic mass is 9.91. The van der Waals surface area contributed by atoms with Gasteiger partial charge in [0.25, 0.3) is 0 Å². The van der Waals surface area contributed by atoms with Crippen LogP contribution in [0.1, 0.15) is 58.8 Å². The van der Waals surface area contributed by atoms with Gasteiger partial charge < -0.3 is 10.2 Å². The first-order valence-corrected chi connectivity index (χ1v) is 7.70. The van der Waals surface area contributed by atoms with Crippen molar-refractivity contribution >= 4 is 0 Å². The van der Waals surface area contributed by atoms with E-state index < -0.39 is 0 Å². The highest BCUT2D eigenvalue weighted by Gasteiger charge is 2.23. The number of piperidine rings is 1. The Morgan fingerprint density at radius 3 is 2.18 bits per heavy atom. The molecular formula is C15H32N2. The van der Waals surface area contributed by atoms with Crippen LogP contribution < -0.4 is 5.32 Å². The van der Waals surface area contributed by atoms with Gasteiger partial charge in [0.1, 0.15) is 0 Å².